The molecule has 0 aromatic heterocycles. The molecule has 2 atom stereocenters. The van der Waals surface area contributed by atoms with Crippen LogP contribution in [0.2, 0.25) is 0 Å². The van der Waals surface area contributed by atoms with Crippen molar-refractivity contribution in [3.63, 3.8) is 0 Å². The number of hydrogen-bond acceptors (Lipinski definition) is 2. The van der Waals surface area contributed by atoms with Gasteiger partial charge >= 0.3 is 18.2 Å². The summed E-state index contributed by atoms with van der Waals surface area (Å²) in [6, 6.07) is 1.43. The number of carbonyl (C=O) groups excluding carboxylic acids is 1. The fourth-order valence-corrected chi connectivity index (χ4v) is 2.72. The molecule has 5 nitrogen and oxygen atoms in total. The second-order valence-electron chi connectivity index (χ2n) is 5.90. The third kappa shape index (κ3) is 4.15. The molecule has 9 heteroatoms. The number of nitrogens with one attached hydrogen (secondary N) is 1. The highest BCUT2D eigenvalue weighted by atomic mass is 19.4. The van der Waals surface area contributed by atoms with Crippen molar-refractivity contribution in [2.75, 3.05) is 18.4 Å². The van der Waals surface area contributed by atoms with Crippen LogP contribution in [-0.2, 0) is 11.0 Å². The van der Waals surface area contributed by atoms with Crippen LogP contribution in [0.3, 0.4) is 0 Å². The molecule has 0 saturated carbocycles. The highest BCUT2D eigenvalue weighted by molar-refractivity contribution is 5.90. The molecule has 0 spiro atoms. The molecule has 1 aliphatic rings. The van der Waals surface area contributed by atoms with E-state index in [4.69, 9.17) is 5.11 Å². The number of rotatable bonds is 2. The number of urea groups is 1. The minimum atomic E-state index is -4.88. The number of carbonyl (C=O) groups is 2. The van der Waals surface area contributed by atoms with Crippen LogP contribution in [-0.4, -0.2) is 35.1 Å². The summed E-state index contributed by atoms with van der Waals surface area (Å²) in [6.45, 7) is 2.05. The maximum absolute atomic E-state index is 13.2. The Kier molecular flexibility index (Phi) is 5.00. The van der Waals surface area contributed by atoms with E-state index in [-0.39, 0.29) is 18.2 Å². The summed E-state index contributed by atoms with van der Waals surface area (Å²) in [4.78, 5) is 24.5. The van der Waals surface area contributed by atoms with Gasteiger partial charge in [0, 0.05) is 18.8 Å². The van der Waals surface area contributed by atoms with Gasteiger partial charge in [-0.3, -0.25) is 4.79 Å². The Morgan fingerprint density at radius 3 is 2.54 bits per heavy atom. The molecule has 24 heavy (non-hydrogen) atoms. The van der Waals surface area contributed by atoms with Crippen LogP contribution < -0.4 is 5.32 Å². The van der Waals surface area contributed by atoms with Crippen LogP contribution in [0.1, 0.15) is 18.9 Å². The Balaban J connectivity index is 2.13. The third-order valence-electron chi connectivity index (χ3n) is 3.82. The molecule has 0 radical (unpaired) electrons. The van der Waals surface area contributed by atoms with E-state index >= 15 is 0 Å². The molecule has 1 aromatic rings. The normalized spacial score (nSPS) is 21.5. The number of amides is 2. The summed E-state index contributed by atoms with van der Waals surface area (Å²) >= 11 is 0. The molecule has 2 N–H and O–H groups in total. The number of piperidine rings is 1. The zero-order valence-corrected chi connectivity index (χ0v) is 12.7. The van der Waals surface area contributed by atoms with Crippen LogP contribution in [0.5, 0.6) is 0 Å². The highest BCUT2D eigenvalue weighted by Crippen LogP contribution is 2.33. The van der Waals surface area contributed by atoms with Gasteiger partial charge in [0.1, 0.15) is 5.82 Å². The second kappa shape index (κ2) is 6.66. The number of anilines is 1. The second-order valence-corrected chi connectivity index (χ2v) is 5.90. The smallest absolute Gasteiger partial charge is 0.419 e. The van der Waals surface area contributed by atoms with E-state index in [0.29, 0.717) is 25.1 Å². The van der Waals surface area contributed by atoms with Crippen LogP contribution in [0.4, 0.5) is 28.0 Å². The van der Waals surface area contributed by atoms with Gasteiger partial charge in [0.15, 0.2) is 0 Å². The lowest BCUT2D eigenvalue weighted by atomic mass is 9.91. The van der Waals surface area contributed by atoms with E-state index < -0.39 is 35.5 Å². The largest absolute Gasteiger partial charge is 0.481 e. The first-order valence-electron chi connectivity index (χ1n) is 7.23. The van der Waals surface area contributed by atoms with Gasteiger partial charge in [-0.05, 0) is 30.5 Å². The Morgan fingerprint density at radius 1 is 1.29 bits per heavy atom. The molecular formula is C15H16F4N2O3. The van der Waals surface area contributed by atoms with Crippen LogP contribution >= 0.6 is 0 Å². The summed E-state index contributed by atoms with van der Waals surface area (Å²) in [5, 5.41) is 11.3. The van der Waals surface area contributed by atoms with Gasteiger partial charge in [0.2, 0.25) is 0 Å². The Hall–Kier alpha value is -2.32. The van der Waals surface area contributed by atoms with E-state index in [1.807, 2.05) is 0 Å². The maximum Gasteiger partial charge on any atom is 0.419 e. The lowest BCUT2D eigenvalue weighted by Gasteiger charge is -2.34. The van der Waals surface area contributed by atoms with Crippen molar-refractivity contribution < 1.29 is 32.3 Å². The highest BCUT2D eigenvalue weighted by Gasteiger charge is 2.35. The number of nitrogens with zero attached hydrogens (tertiary/aromatic N) is 1. The van der Waals surface area contributed by atoms with Gasteiger partial charge in [0.05, 0.1) is 11.5 Å². The van der Waals surface area contributed by atoms with Gasteiger partial charge in [-0.2, -0.15) is 13.2 Å². The van der Waals surface area contributed by atoms with Gasteiger partial charge in [-0.1, -0.05) is 6.92 Å². The number of halogens is 4. The molecule has 132 valence electrons. The number of aliphatic carboxylic acids is 1. The lowest BCUT2D eigenvalue weighted by molar-refractivity contribution is -0.144. The maximum atomic E-state index is 13.2. The van der Waals surface area contributed by atoms with E-state index in [0.717, 1.165) is 6.07 Å². The molecule has 1 aliphatic heterocycles. The van der Waals surface area contributed by atoms with Gasteiger partial charge in [-0.15, -0.1) is 0 Å². The first-order chi connectivity index (χ1) is 11.1. The Labute approximate surface area is 135 Å². The number of hydrogen-bond donors (Lipinski definition) is 2. The average Bonchev–Trinajstić information content (AvgIpc) is 2.47. The first kappa shape index (κ1) is 18.0. The Bertz CT molecular complexity index is 648. The molecule has 2 unspecified atom stereocenters. The van der Waals surface area contributed by atoms with Crippen LogP contribution in [0.25, 0.3) is 0 Å². The lowest BCUT2D eigenvalue weighted by Crippen LogP contribution is -2.47. The average molecular weight is 348 g/mol. The van der Waals surface area contributed by atoms with Crippen molar-refractivity contribution in [3.05, 3.63) is 29.6 Å². The molecular weight excluding hydrogens is 332 g/mol. The van der Waals surface area contributed by atoms with Crippen LogP contribution in [0.15, 0.2) is 18.2 Å². The first-order valence-corrected chi connectivity index (χ1v) is 7.23. The van der Waals surface area contributed by atoms with E-state index in [1.54, 1.807) is 6.92 Å². The van der Waals surface area contributed by atoms with Crippen molar-refractivity contribution in [2.45, 2.75) is 19.5 Å². The van der Waals surface area contributed by atoms with Gasteiger partial charge in [-0.25, -0.2) is 9.18 Å². The van der Waals surface area contributed by atoms with E-state index in [2.05, 4.69) is 5.32 Å². The summed E-state index contributed by atoms with van der Waals surface area (Å²) in [6.07, 6.45) is -4.45. The van der Waals surface area contributed by atoms with Crippen molar-refractivity contribution in [2.24, 2.45) is 11.8 Å². The number of alkyl halides is 3. The quantitative estimate of drug-likeness (QED) is 0.805. The predicted octanol–water partition coefficient (Wildman–Crippen LogP) is 3.42. The van der Waals surface area contributed by atoms with E-state index in [9.17, 15) is 27.2 Å². The van der Waals surface area contributed by atoms with Crippen LogP contribution in [0, 0.1) is 17.7 Å². The Morgan fingerprint density at radius 2 is 1.96 bits per heavy atom. The molecule has 1 aromatic carbocycles. The molecule has 2 rings (SSSR count). The summed E-state index contributed by atoms with van der Waals surface area (Å²) in [5.74, 6) is -3.23. The van der Waals surface area contributed by atoms with Crippen molar-refractivity contribution in [3.8, 4) is 0 Å². The zero-order chi connectivity index (χ0) is 18.1. The number of likely N-dealkylation sites (tertiary alicyclic amines) is 1. The number of carboxylic acid groups (broad SMARTS) is 1. The molecule has 0 aliphatic carbocycles. The fourth-order valence-electron chi connectivity index (χ4n) is 2.72. The molecule has 1 heterocycles. The molecule has 1 saturated heterocycles. The zero-order valence-electron chi connectivity index (χ0n) is 12.7. The fraction of sp³-hybridized carbons (Fsp3) is 0.467. The molecule has 2 amide bonds. The van der Waals surface area contributed by atoms with Gasteiger partial charge in [0.25, 0.3) is 0 Å². The minimum Gasteiger partial charge on any atom is -0.481 e. The van der Waals surface area contributed by atoms with Crippen molar-refractivity contribution in [1.29, 1.82) is 0 Å². The predicted molar refractivity (Wildman–Crippen MR) is 76.9 cm³/mol. The third-order valence-corrected chi connectivity index (χ3v) is 3.82. The van der Waals surface area contributed by atoms with E-state index in [1.165, 1.54) is 4.90 Å². The van der Waals surface area contributed by atoms with Gasteiger partial charge < -0.3 is 15.3 Å². The monoisotopic (exact) mass is 348 g/mol. The summed E-state index contributed by atoms with van der Waals surface area (Å²) < 4.78 is 51.3. The van der Waals surface area contributed by atoms with Crippen molar-refractivity contribution >= 4 is 17.7 Å². The SMILES string of the molecule is CC1CC(C(=O)O)CN(C(=O)Nc2ccc(F)c(C(F)(F)F)c2)C1. The van der Waals surface area contributed by atoms with Crippen molar-refractivity contribution in [1.82, 2.24) is 4.90 Å². The number of carboxylic acids is 1. The number of benzene rings is 1. The standard InChI is InChI=1S/C15H16F4N2O3/c1-8-4-9(13(22)23)7-21(6-8)14(24)20-10-2-3-12(16)11(5-10)15(17,18)19/h2-3,5,8-9H,4,6-7H2,1H3,(H,20,24)(H,22,23). The molecule has 0 bridgehead atoms. The summed E-state index contributed by atoms with van der Waals surface area (Å²) in [5.41, 5.74) is -1.69. The topological polar surface area (TPSA) is 69.6 Å². The minimum absolute atomic E-state index is 0.0289. The summed E-state index contributed by atoms with van der Waals surface area (Å²) in [7, 11) is 0. The molecule has 1 fully saturated rings.